The minimum atomic E-state index is -4.69. The number of anilines is 1. The first kappa shape index (κ1) is 23.6. The number of para-hydroxylation sites is 1. The van der Waals surface area contributed by atoms with Crippen LogP contribution in [0.2, 0.25) is 0 Å². The average molecular weight is 480 g/mol. The number of hydrogen-bond donors (Lipinski definition) is 1. The van der Waals surface area contributed by atoms with Gasteiger partial charge in [0.25, 0.3) is 0 Å². The Hall–Kier alpha value is -4.53. The highest BCUT2D eigenvalue weighted by molar-refractivity contribution is 5.52. The van der Waals surface area contributed by atoms with Crippen LogP contribution in [0, 0.1) is 10.1 Å². The van der Waals surface area contributed by atoms with Gasteiger partial charge < -0.3 is 14.8 Å². The molecule has 0 atom stereocenters. The summed E-state index contributed by atoms with van der Waals surface area (Å²) in [5.41, 5.74) is -0.0853. The second kappa shape index (κ2) is 10.2. The van der Waals surface area contributed by atoms with Gasteiger partial charge in [-0.2, -0.15) is 13.2 Å². The third-order valence-electron chi connectivity index (χ3n) is 4.96. The van der Waals surface area contributed by atoms with Crippen molar-refractivity contribution >= 4 is 11.4 Å². The van der Waals surface area contributed by atoms with Crippen LogP contribution >= 0.6 is 0 Å². The molecule has 0 saturated carbocycles. The topological polar surface area (TPSA) is 73.6 Å². The summed E-state index contributed by atoms with van der Waals surface area (Å²) in [5.74, 6) is 1.45. The zero-order valence-electron chi connectivity index (χ0n) is 18.2. The molecule has 35 heavy (non-hydrogen) atoms. The highest BCUT2D eigenvalue weighted by Crippen LogP contribution is 2.37. The molecule has 0 aliphatic heterocycles. The van der Waals surface area contributed by atoms with Gasteiger partial charge >= 0.3 is 11.9 Å². The number of rotatable bonds is 8. The Kier molecular flexibility index (Phi) is 6.86. The van der Waals surface area contributed by atoms with E-state index < -0.39 is 22.4 Å². The van der Waals surface area contributed by atoms with Crippen LogP contribution in [0.3, 0.4) is 0 Å². The lowest BCUT2D eigenvalue weighted by Crippen LogP contribution is -2.06. The van der Waals surface area contributed by atoms with E-state index in [9.17, 15) is 23.3 Å². The quantitative estimate of drug-likeness (QED) is 0.206. The first-order chi connectivity index (χ1) is 16.8. The predicted molar refractivity (Wildman–Crippen MR) is 125 cm³/mol. The number of alkyl halides is 3. The maximum atomic E-state index is 12.9. The summed E-state index contributed by atoms with van der Waals surface area (Å²) >= 11 is 0. The van der Waals surface area contributed by atoms with E-state index in [1.165, 1.54) is 0 Å². The molecule has 6 nitrogen and oxygen atoms in total. The van der Waals surface area contributed by atoms with Crippen LogP contribution in [-0.4, -0.2) is 4.92 Å². The monoisotopic (exact) mass is 480 g/mol. The maximum absolute atomic E-state index is 12.9. The van der Waals surface area contributed by atoms with Crippen molar-refractivity contribution in [2.24, 2.45) is 0 Å². The van der Waals surface area contributed by atoms with Crippen LogP contribution in [0.4, 0.5) is 24.5 Å². The van der Waals surface area contributed by atoms with Crippen LogP contribution < -0.4 is 14.8 Å². The Morgan fingerprint density at radius 2 is 1.37 bits per heavy atom. The van der Waals surface area contributed by atoms with Crippen molar-refractivity contribution in [3.8, 4) is 23.0 Å². The first-order valence-corrected chi connectivity index (χ1v) is 10.5. The summed E-state index contributed by atoms with van der Waals surface area (Å²) in [5, 5.41) is 14.5. The van der Waals surface area contributed by atoms with Gasteiger partial charge in [0.05, 0.1) is 10.5 Å². The van der Waals surface area contributed by atoms with Crippen molar-refractivity contribution in [3.63, 3.8) is 0 Å². The molecule has 178 valence electrons. The lowest BCUT2D eigenvalue weighted by molar-refractivity contribution is -0.385. The molecule has 0 aliphatic carbocycles. The van der Waals surface area contributed by atoms with Crippen molar-refractivity contribution in [1.29, 1.82) is 0 Å². The van der Waals surface area contributed by atoms with Crippen molar-refractivity contribution in [2.75, 3.05) is 5.32 Å². The van der Waals surface area contributed by atoms with Crippen molar-refractivity contribution in [2.45, 2.75) is 12.7 Å². The third kappa shape index (κ3) is 6.29. The Bertz CT molecular complexity index is 1290. The van der Waals surface area contributed by atoms with E-state index in [0.717, 1.165) is 29.1 Å². The van der Waals surface area contributed by atoms with Crippen molar-refractivity contribution in [3.05, 3.63) is 118 Å². The third-order valence-corrected chi connectivity index (χ3v) is 4.96. The van der Waals surface area contributed by atoms with E-state index in [1.807, 2.05) is 54.6 Å². The highest BCUT2D eigenvalue weighted by atomic mass is 19.4. The summed E-state index contributed by atoms with van der Waals surface area (Å²) in [6.07, 6.45) is -4.69. The molecule has 0 unspecified atom stereocenters. The standard InChI is InChI=1S/C26H19F3N2O4/c27-26(28,29)19-8-15-25(24(16-19)31(32)33)35-23-11-6-18(7-12-23)17-30-20-9-13-22(14-10-20)34-21-4-2-1-3-5-21/h1-16,30H,17H2. The van der Waals surface area contributed by atoms with Gasteiger partial charge in [-0.15, -0.1) is 0 Å². The first-order valence-electron chi connectivity index (χ1n) is 10.5. The van der Waals surface area contributed by atoms with Gasteiger partial charge in [-0.25, -0.2) is 0 Å². The molecule has 0 amide bonds. The van der Waals surface area contributed by atoms with Crippen molar-refractivity contribution in [1.82, 2.24) is 0 Å². The average Bonchev–Trinajstić information content (AvgIpc) is 2.84. The second-order valence-corrected chi connectivity index (χ2v) is 7.48. The van der Waals surface area contributed by atoms with E-state index >= 15 is 0 Å². The van der Waals surface area contributed by atoms with Crippen LogP contribution in [0.5, 0.6) is 23.0 Å². The number of ether oxygens (including phenoxy) is 2. The number of hydrogen-bond acceptors (Lipinski definition) is 5. The van der Waals surface area contributed by atoms with Gasteiger partial charge in [-0.1, -0.05) is 30.3 Å². The molecular formula is C26H19F3N2O4. The Morgan fingerprint density at radius 1 is 0.771 bits per heavy atom. The normalized spacial score (nSPS) is 11.1. The number of halogens is 3. The molecule has 4 aromatic carbocycles. The minimum Gasteiger partial charge on any atom is -0.457 e. The van der Waals surface area contributed by atoms with E-state index in [1.54, 1.807) is 24.3 Å². The van der Waals surface area contributed by atoms with Gasteiger partial charge in [0, 0.05) is 18.3 Å². The Labute approximate surface area is 198 Å². The van der Waals surface area contributed by atoms with Crippen molar-refractivity contribution < 1.29 is 27.6 Å². The molecule has 0 bridgehead atoms. The zero-order chi connectivity index (χ0) is 24.8. The number of benzene rings is 4. The lowest BCUT2D eigenvalue weighted by Gasteiger charge is -2.11. The van der Waals surface area contributed by atoms with E-state index in [0.29, 0.717) is 18.4 Å². The number of nitrogens with one attached hydrogen (secondary N) is 1. The summed E-state index contributed by atoms with van der Waals surface area (Å²) in [6, 6.07) is 25.8. The van der Waals surface area contributed by atoms with Gasteiger partial charge in [-0.05, 0) is 66.2 Å². The van der Waals surface area contributed by atoms with Crippen LogP contribution in [0.25, 0.3) is 0 Å². The van der Waals surface area contributed by atoms with E-state index in [-0.39, 0.29) is 11.5 Å². The smallest absolute Gasteiger partial charge is 0.416 e. The molecule has 1 N–H and O–H groups in total. The van der Waals surface area contributed by atoms with E-state index in [4.69, 9.17) is 9.47 Å². The maximum Gasteiger partial charge on any atom is 0.416 e. The summed E-state index contributed by atoms with van der Waals surface area (Å²) in [7, 11) is 0. The number of nitro benzene ring substituents is 1. The SMILES string of the molecule is O=[N+]([O-])c1cc(C(F)(F)F)ccc1Oc1ccc(CNc2ccc(Oc3ccccc3)cc2)cc1. The molecule has 0 radical (unpaired) electrons. The minimum absolute atomic E-state index is 0.263. The molecule has 0 spiro atoms. The fraction of sp³-hybridized carbons (Fsp3) is 0.0769. The Morgan fingerprint density at radius 3 is 2.00 bits per heavy atom. The highest BCUT2D eigenvalue weighted by Gasteiger charge is 2.33. The molecule has 0 aliphatic rings. The zero-order valence-corrected chi connectivity index (χ0v) is 18.2. The van der Waals surface area contributed by atoms with Gasteiger partial charge in [0.1, 0.15) is 17.2 Å². The molecule has 4 aromatic rings. The molecule has 0 fully saturated rings. The van der Waals surface area contributed by atoms with E-state index in [2.05, 4.69) is 5.32 Å². The second-order valence-electron chi connectivity index (χ2n) is 7.48. The summed E-state index contributed by atoms with van der Waals surface area (Å²) in [4.78, 5) is 10.3. The molecule has 0 heterocycles. The van der Waals surface area contributed by atoms with Crippen LogP contribution in [0.1, 0.15) is 11.1 Å². The van der Waals surface area contributed by atoms with Gasteiger partial charge in [0.15, 0.2) is 0 Å². The molecule has 0 saturated heterocycles. The molecule has 4 rings (SSSR count). The molecule has 0 aromatic heterocycles. The number of nitro groups is 1. The molecule has 9 heteroatoms. The van der Waals surface area contributed by atoms with Crippen LogP contribution in [0.15, 0.2) is 97.1 Å². The molecular weight excluding hydrogens is 461 g/mol. The fourth-order valence-corrected chi connectivity index (χ4v) is 3.19. The largest absolute Gasteiger partial charge is 0.457 e. The summed E-state index contributed by atoms with van der Waals surface area (Å²) in [6.45, 7) is 0.500. The van der Waals surface area contributed by atoms with Gasteiger partial charge in [-0.3, -0.25) is 10.1 Å². The Balaban J connectivity index is 1.36. The lowest BCUT2D eigenvalue weighted by atomic mass is 10.1. The van der Waals surface area contributed by atoms with Crippen LogP contribution in [-0.2, 0) is 12.7 Å². The predicted octanol–water partition coefficient (Wildman–Crippen LogP) is 7.81. The van der Waals surface area contributed by atoms with Gasteiger partial charge in [0.2, 0.25) is 5.75 Å². The number of nitrogens with zero attached hydrogens (tertiary/aromatic N) is 1. The summed E-state index contributed by atoms with van der Waals surface area (Å²) < 4.78 is 49.8. The fourth-order valence-electron chi connectivity index (χ4n) is 3.19.